The number of ether oxygens (including phenoxy) is 3. The number of nitrogens with zero attached hydrogens (tertiary/aromatic N) is 1. The number of methoxy groups -OCH3 is 1. The van der Waals surface area contributed by atoms with Gasteiger partial charge in [0, 0.05) is 28.8 Å². The fraction of sp³-hybridized carbons (Fsp3) is 0.250. The van der Waals surface area contributed by atoms with Crippen LogP contribution in [0.2, 0.25) is 0 Å². The monoisotopic (exact) mass is 566 g/mol. The molecular formula is C28H27BrN2O6. The van der Waals surface area contributed by atoms with E-state index in [0.29, 0.717) is 28.6 Å². The van der Waals surface area contributed by atoms with Crippen LogP contribution in [0.15, 0.2) is 71.2 Å². The summed E-state index contributed by atoms with van der Waals surface area (Å²) >= 11 is 3.41. The number of benzene rings is 3. The first-order valence-electron chi connectivity index (χ1n) is 11.8. The Hall–Kier alpha value is -3.85. The van der Waals surface area contributed by atoms with Crippen molar-refractivity contribution in [3.05, 3.63) is 76.8 Å². The Morgan fingerprint density at radius 2 is 1.78 bits per heavy atom. The molecule has 9 heteroatoms. The van der Waals surface area contributed by atoms with Crippen LogP contribution < -0.4 is 19.7 Å². The first-order valence-corrected chi connectivity index (χ1v) is 12.6. The molecule has 0 radical (unpaired) electrons. The highest BCUT2D eigenvalue weighted by Gasteiger charge is 2.36. The first-order chi connectivity index (χ1) is 17.9. The van der Waals surface area contributed by atoms with Gasteiger partial charge in [0.2, 0.25) is 5.91 Å². The molecular weight excluding hydrogens is 540 g/mol. The predicted octanol–water partition coefficient (Wildman–Crippen LogP) is 5.35. The molecule has 0 saturated carbocycles. The van der Waals surface area contributed by atoms with Crippen molar-refractivity contribution in [2.75, 3.05) is 30.5 Å². The average Bonchev–Trinajstić information content (AvgIpc) is 3.30. The molecule has 1 aliphatic heterocycles. The summed E-state index contributed by atoms with van der Waals surface area (Å²) in [6, 6.07) is 19.9. The molecule has 1 heterocycles. The summed E-state index contributed by atoms with van der Waals surface area (Å²) in [6.45, 7) is 1.75. The van der Waals surface area contributed by atoms with Gasteiger partial charge in [0.25, 0.3) is 5.91 Å². The molecule has 1 aliphatic rings. The van der Waals surface area contributed by atoms with E-state index >= 15 is 0 Å². The number of rotatable bonds is 9. The van der Waals surface area contributed by atoms with Crippen LogP contribution in [-0.4, -0.2) is 38.0 Å². The minimum absolute atomic E-state index is 0.0204. The minimum atomic E-state index is -0.649. The lowest BCUT2D eigenvalue weighted by atomic mass is 10.1. The van der Waals surface area contributed by atoms with Gasteiger partial charge < -0.3 is 24.4 Å². The maximum absolute atomic E-state index is 12.6. The molecule has 0 unspecified atom stereocenters. The summed E-state index contributed by atoms with van der Waals surface area (Å²) in [5, 5.41) is 2.77. The standard InChI is InChI=1S/C28H27BrN2O6/c1-3-18-14-20(29)8-13-23(18)30-26(32)17-36-28(34)19-15-27(33)31(16-19)21-9-11-22(12-10-21)37-25-7-5-4-6-24(25)35-2/h4-14,19H,3,15-17H2,1-2H3,(H,30,32)/t19-/m1/s1. The Kier molecular flexibility index (Phi) is 8.45. The maximum Gasteiger partial charge on any atom is 0.311 e. The molecule has 0 aliphatic carbocycles. The van der Waals surface area contributed by atoms with Crippen molar-refractivity contribution in [1.82, 2.24) is 0 Å². The number of aryl methyl sites for hydroxylation is 1. The van der Waals surface area contributed by atoms with E-state index < -0.39 is 24.4 Å². The van der Waals surface area contributed by atoms with E-state index in [-0.39, 0.29) is 18.9 Å². The van der Waals surface area contributed by atoms with Gasteiger partial charge in [0.05, 0.1) is 13.0 Å². The van der Waals surface area contributed by atoms with Crippen LogP contribution in [0.4, 0.5) is 11.4 Å². The van der Waals surface area contributed by atoms with Gasteiger partial charge in [-0.1, -0.05) is 35.0 Å². The third-order valence-corrected chi connectivity index (χ3v) is 6.46. The second-order valence-corrected chi connectivity index (χ2v) is 9.38. The molecule has 3 aromatic rings. The van der Waals surface area contributed by atoms with Crippen molar-refractivity contribution in [3.8, 4) is 17.2 Å². The van der Waals surface area contributed by atoms with Crippen LogP contribution >= 0.6 is 15.9 Å². The Bertz CT molecular complexity index is 1290. The van der Waals surface area contributed by atoms with Crippen LogP contribution in [0.1, 0.15) is 18.9 Å². The van der Waals surface area contributed by atoms with Gasteiger partial charge in [-0.2, -0.15) is 0 Å². The van der Waals surface area contributed by atoms with Crippen LogP contribution in [0.5, 0.6) is 17.2 Å². The highest BCUT2D eigenvalue weighted by atomic mass is 79.9. The van der Waals surface area contributed by atoms with Gasteiger partial charge in [-0.15, -0.1) is 0 Å². The first kappa shape index (κ1) is 26.2. The van der Waals surface area contributed by atoms with E-state index in [1.165, 1.54) is 4.90 Å². The van der Waals surface area contributed by atoms with Gasteiger partial charge in [0.15, 0.2) is 18.1 Å². The van der Waals surface area contributed by atoms with Crippen molar-refractivity contribution >= 4 is 45.1 Å². The molecule has 37 heavy (non-hydrogen) atoms. The lowest BCUT2D eigenvalue weighted by molar-refractivity contribution is -0.151. The number of hydrogen-bond donors (Lipinski definition) is 1. The van der Waals surface area contributed by atoms with Gasteiger partial charge in [-0.05, 0) is 66.6 Å². The van der Waals surface area contributed by atoms with Crippen molar-refractivity contribution in [2.24, 2.45) is 5.92 Å². The zero-order chi connectivity index (χ0) is 26.4. The molecule has 3 aromatic carbocycles. The number of hydrogen-bond acceptors (Lipinski definition) is 6. The number of nitrogens with one attached hydrogen (secondary N) is 1. The van der Waals surface area contributed by atoms with Gasteiger partial charge in [0.1, 0.15) is 5.75 Å². The van der Waals surface area contributed by atoms with E-state index in [1.54, 1.807) is 49.6 Å². The predicted molar refractivity (Wildman–Crippen MR) is 143 cm³/mol. The van der Waals surface area contributed by atoms with Gasteiger partial charge in [-0.3, -0.25) is 14.4 Å². The van der Waals surface area contributed by atoms with Gasteiger partial charge >= 0.3 is 5.97 Å². The molecule has 192 valence electrons. The Morgan fingerprint density at radius 3 is 2.49 bits per heavy atom. The summed E-state index contributed by atoms with van der Waals surface area (Å²) in [4.78, 5) is 39.1. The van der Waals surface area contributed by atoms with E-state index in [4.69, 9.17) is 14.2 Å². The zero-order valence-electron chi connectivity index (χ0n) is 20.5. The normalized spacial score (nSPS) is 14.8. The Balaban J connectivity index is 1.31. The molecule has 2 amide bonds. The SMILES string of the molecule is CCc1cc(Br)ccc1NC(=O)COC(=O)[C@@H]1CC(=O)N(c2ccc(Oc3ccccc3OC)cc2)C1. The summed E-state index contributed by atoms with van der Waals surface area (Å²) in [6.07, 6.45) is 0.759. The number of carbonyl (C=O) groups is 3. The van der Waals surface area contributed by atoms with Crippen LogP contribution in [0.3, 0.4) is 0 Å². The summed E-state index contributed by atoms with van der Waals surface area (Å²) in [5.41, 5.74) is 2.28. The highest BCUT2D eigenvalue weighted by Crippen LogP contribution is 2.33. The van der Waals surface area contributed by atoms with E-state index in [2.05, 4.69) is 21.2 Å². The van der Waals surface area contributed by atoms with Crippen molar-refractivity contribution in [3.63, 3.8) is 0 Å². The Labute approximate surface area is 223 Å². The van der Waals surface area contributed by atoms with Crippen LogP contribution in [-0.2, 0) is 25.5 Å². The third-order valence-electron chi connectivity index (χ3n) is 5.97. The smallest absolute Gasteiger partial charge is 0.311 e. The van der Waals surface area contributed by atoms with Crippen LogP contribution in [0, 0.1) is 5.92 Å². The van der Waals surface area contributed by atoms with Crippen molar-refractivity contribution in [1.29, 1.82) is 0 Å². The number of carbonyl (C=O) groups excluding carboxylic acids is 3. The number of para-hydroxylation sites is 2. The van der Waals surface area contributed by atoms with E-state index in [0.717, 1.165) is 16.5 Å². The number of esters is 1. The van der Waals surface area contributed by atoms with Crippen molar-refractivity contribution < 1.29 is 28.6 Å². The molecule has 1 N–H and O–H groups in total. The summed E-state index contributed by atoms with van der Waals surface area (Å²) in [7, 11) is 1.57. The third kappa shape index (κ3) is 6.48. The van der Waals surface area contributed by atoms with Gasteiger partial charge in [-0.25, -0.2) is 0 Å². The molecule has 1 atom stereocenters. The lowest BCUT2D eigenvalue weighted by Gasteiger charge is -2.17. The molecule has 1 fully saturated rings. The quantitative estimate of drug-likeness (QED) is 0.351. The Morgan fingerprint density at radius 1 is 1.05 bits per heavy atom. The average molecular weight is 567 g/mol. The highest BCUT2D eigenvalue weighted by molar-refractivity contribution is 9.10. The molecule has 1 saturated heterocycles. The maximum atomic E-state index is 12.6. The summed E-state index contributed by atoms with van der Waals surface area (Å²) < 4.78 is 17.3. The fourth-order valence-electron chi connectivity index (χ4n) is 4.06. The second-order valence-electron chi connectivity index (χ2n) is 8.46. The molecule has 4 rings (SSSR count). The fourth-order valence-corrected chi connectivity index (χ4v) is 4.47. The summed E-state index contributed by atoms with van der Waals surface area (Å²) in [5.74, 6) is -0.0764. The van der Waals surface area contributed by atoms with Crippen LogP contribution in [0.25, 0.3) is 0 Å². The zero-order valence-corrected chi connectivity index (χ0v) is 22.1. The lowest BCUT2D eigenvalue weighted by Crippen LogP contribution is -2.28. The second kappa shape index (κ2) is 11.9. The van der Waals surface area contributed by atoms with E-state index in [1.807, 2.05) is 31.2 Å². The van der Waals surface area contributed by atoms with E-state index in [9.17, 15) is 14.4 Å². The molecule has 0 spiro atoms. The van der Waals surface area contributed by atoms with Crippen molar-refractivity contribution in [2.45, 2.75) is 19.8 Å². The topological polar surface area (TPSA) is 94.2 Å². The molecule has 0 bridgehead atoms. The number of amides is 2. The minimum Gasteiger partial charge on any atom is -0.493 e. The molecule has 8 nitrogen and oxygen atoms in total. The largest absolute Gasteiger partial charge is 0.493 e. The number of halogens is 1. The number of anilines is 2. The molecule has 0 aromatic heterocycles.